The first-order valence-corrected chi connectivity index (χ1v) is 7.67. The van der Waals surface area contributed by atoms with E-state index in [1.807, 2.05) is 12.1 Å². The van der Waals surface area contributed by atoms with Crippen molar-refractivity contribution in [3.05, 3.63) is 48.0 Å². The van der Waals surface area contributed by atoms with Crippen LogP contribution < -0.4 is 0 Å². The fourth-order valence-corrected chi connectivity index (χ4v) is 3.28. The largest absolute Gasteiger partial charge is 0.461 e. The van der Waals surface area contributed by atoms with Crippen LogP contribution in [0.1, 0.15) is 23.7 Å². The van der Waals surface area contributed by atoms with E-state index in [-0.39, 0.29) is 36.0 Å². The molecule has 0 spiro atoms. The van der Waals surface area contributed by atoms with Crippen LogP contribution in [0.5, 0.6) is 0 Å². The molecule has 0 unspecified atom stereocenters. The van der Waals surface area contributed by atoms with Gasteiger partial charge in [-0.1, -0.05) is 30.4 Å². The van der Waals surface area contributed by atoms with E-state index in [1.165, 1.54) is 6.92 Å². The van der Waals surface area contributed by atoms with Gasteiger partial charge in [-0.3, -0.25) is 4.79 Å². The van der Waals surface area contributed by atoms with Crippen molar-refractivity contribution in [1.29, 1.82) is 0 Å². The van der Waals surface area contributed by atoms with Gasteiger partial charge >= 0.3 is 11.9 Å². The van der Waals surface area contributed by atoms with Crippen molar-refractivity contribution in [2.45, 2.75) is 25.6 Å². The topological polar surface area (TPSA) is 61.8 Å². The van der Waals surface area contributed by atoms with Crippen molar-refractivity contribution in [2.75, 3.05) is 13.7 Å². The van der Waals surface area contributed by atoms with E-state index in [0.717, 1.165) is 6.42 Å². The molecule has 0 aliphatic heterocycles. The Hall–Kier alpha value is -2.14. The molecule has 4 atom stereocenters. The summed E-state index contributed by atoms with van der Waals surface area (Å²) in [6.45, 7) is 1.60. The number of carbonyl (C=O) groups excluding carboxylic acids is 2. The molecule has 0 N–H and O–H groups in total. The van der Waals surface area contributed by atoms with Crippen LogP contribution in [0, 0.1) is 11.3 Å². The Labute approximate surface area is 135 Å². The summed E-state index contributed by atoms with van der Waals surface area (Å²) in [5.74, 6) is -0.468. The lowest BCUT2D eigenvalue weighted by atomic mass is 9.88. The third kappa shape index (κ3) is 3.01. The average molecular weight is 316 g/mol. The third-order valence-electron chi connectivity index (χ3n) is 4.62. The van der Waals surface area contributed by atoms with Crippen LogP contribution in [-0.4, -0.2) is 37.9 Å². The lowest BCUT2D eigenvalue weighted by Crippen LogP contribution is -2.44. The summed E-state index contributed by atoms with van der Waals surface area (Å²) in [6.07, 6.45) is 4.06. The standard InChI is InChI=1S/C18H20O5/c1-12(19)23-16-15(21-2)9-8-14-10-18(14,16)11-22-17(20)13-6-4-3-5-7-13/h3-9,14-16H,10-11H2,1-2H3/t14-,15+,16-,18-/m0/s1. The van der Waals surface area contributed by atoms with Crippen LogP contribution in [0.25, 0.3) is 0 Å². The lowest BCUT2D eigenvalue weighted by molar-refractivity contribution is -0.160. The van der Waals surface area contributed by atoms with Gasteiger partial charge in [0.05, 0.1) is 11.0 Å². The zero-order valence-electron chi connectivity index (χ0n) is 13.2. The van der Waals surface area contributed by atoms with Gasteiger partial charge in [-0.2, -0.15) is 0 Å². The van der Waals surface area contributed by atoms with Gasteiger partial charge in [-0.05, 0) is 24.5 Å². The number of allylic oxidation sites excluding steroid dienone is 1. The maximum atomic E-state index is 12.1. The van der Waals surface area contributed by atoms with Crippen LogP contribution in [0.3, 0.4) is 0 Å². The summed E-state index contributed by atoms with van der Waals surface area (Å²) in [6, 6.07) is 8.86. The molecule has 2 aliphatic carbocycles. The Bertz CT molecular complexity index is 624. The summed E-state index contributed by atoms with van der Waals surface area (Å²) >= 11 is 0. The number of benzene rings is 1. The van der Waals surface area contributed by atoms with E-state index >= 15 is 0 Å². The molecular formula is C18H20O5. The highest BCUT2D eigenvalue weighted by molar-refractivity contribution is 5.89. The number of carbonyl (C=O) groups is 2. The fourth-order valence-electron chi connectivity index (χ4n) is 3.28. The summed E-state index contributed by atoms with van der Waals surface area (Å²) in [5.41, 5.74) is 0.144. The SMILES string of the molecule is CO[C@@H]1C=C[C@H]2C[C@@]2(COC(=O)c2ccccc2)[C@H]1OC(C)=O. The van der Waals surface area contributed by atoms with E-state index < -0.39 is 6.10 Å². The van der Waals surface area contributed by atoms with Crippen LogP contribution in [0.4, 0.5) is 0 Å². The van der Waals surface area contributed by atoms with Crippen molar-refractivity contribution in [2.24, 2.45) is 11.3 Å². The molecule has 1 aromatic carbocycles. The Morgan fingerprint density at radius 3 is 2.61 bits per heavy atom. The summed E-state index contributed by atoms with van der Waals surface area (Å²) in [5, 5.41) is 0. The normalized spacial score (nSPS) is 31.1. The van der Waals surface area contributed by atoms with Gasteiger partial charge in [-0.25, -0.2) is 4.79 Å². The Kier molecular flexibility index (Phi) is 4.22. The molecule has 0 saturated heterocycles. The number of fused-ring (bicyclic) bond motifs is 1. The van der Waals surface area contributed by atoms with E-state index in [1.54, 1.807) is 31.4 Å². The fraction of sp³-hybridized carbons (Fsp3) is 0.444. The van der Waals surface area contributed by atoms with Crippen LogP contribution in [-0.2, 0) is 19.0 Å². The van der Waals surface area contributed by atoms with Gasteiger partial charge in [0.15, 0.2) is 0 Å². The quantitative estimate of drug-likeness (QED) is 0.616. The molecular weight excluding hydrogens is 296 g/mol. The molecule has 0 aromatic heterocycles. The maximum absolute atomic E-state index is 12.1. The minimum Gasteiger partial charge on any atom is -0.461 e. The van der Waals surface area contributed by atoms with Crippen molar-refractivity contribution in [3.8, 4) is 0 Å². The molecule has 5 nitrogen and oxygen atoms in total. The maximum Gasteiger partial charge on any atom is 0.338 e. The van der Waals surface area contributed by atoms with Gasteiger partial charge in [0, 0.05) is 14.0 Å². The molecule has 23 heavy (non-hydrogen) atoms. The molecule has 0 radical (unpaired) electrons. The third-order valence-corrected chi connectivity index (χ3v) is 4.62. The number of esters is 2. The van der Waals surface area contributed by atoms with Gasteiger partial charge in [0.25, 0.3) is 0 Å². The van der Waals surface area contributed by atoms with E-state index in [4.69, 9.17) is 14.2 Å². The van der Waals surface area contributed by atoms with Crippen molar-refractivity contribution >= 4 is 11.9 Å². The Morgan fingerprint density at radius 1 is 1.22 bits per heavy atom. The second-order valence-electron chi connectivity index (χ2n) is 6.10. The molecule has 122 valence electrons. The zero-order chi connectivity index (χ0) is 16.4. The van der Waals surface area contributed by atoms with Gasteiger partial charge in [0.2, 0.25) is 0 Å². The highest BCUT2D eigenvalue weighted by Crippen LogP contribution is 2.60. The Morgan fingerprint density at radius 2 is 1.96 bits per heavy atom. The molecule has 1 aromatic rings. The highest BCUT2D eigenvalue weighted by atomic mass is 16.6. The Balaban J connectivity index is 1.72. The van der Waals surface area contributed by atoms with Crippen molar-refractivity contribution < 1.29 is 23.8 Å². The molecule has 1 fully saturated rings. The number of methoxy groups -OCH3 is 1. The minimum atomic E-state index is -0.427. The summed E-state index contributed by atoms with van der Waals surface area (Å²) in [4.78, 5) is 23.6. The first kappa shape index (κ1) is 15.7. The molecule has 0 amide bonds. The molecule has 1 saturated carbocycles. The predicted octanol–water partition coefficient (Wildman–Crippen LogP) is 2.37. The lowest BCUT2D eigenvalue weighted by Gasteiger charge is -2.33. The van der Waals surface area contributed by atoms with E-state index in [2.05, 4.69) is 6.08 Å². The van der Waals surface area contributed by atoms with Crippen molar-refractivity contribution in [1.82, 2.24) is 0 Å². The second-order valence-corrected chi connectivity index (χ2v) is 6.10. The highest BCUT2D eigenvalue weighted by Gasteiger charge is 2.64. The summed E-state index contributed by atoms with van der Waals surface area (Å²) < 4.78 is 16.4. The number of hydrogen-bond acceptors (Lipinski definition) is 5. The zero-order valence-corrected chi connectivity index (χ0v) is 13.2. The van der Waals surface area contributed by atoms with Gasteiger partial charge in [0.1, 0.15) is 18.8 Å². The first-order valence-electron chi connectivity index (χ1n) is 7.67. The van der Waals surface area contributed by atoms with Gasteiger partial charge < -0.3 is 14.2 Å². The number of rotatable bonds is 5. The van der Waals surface area contributed by atoms with Crippen LogP contribution >= 0.6 is 0 Å². The van der Waals surface area contributed by atoms with Crippen LogP contribution in [0.2, 0.25) is 0 Å². The number of ether oxygens (including phenoxy) is 3. The van der Waals surface area contributed by atoms with Crippen LogP contribution in [0.15, 0.2) is 42.5 Å². The van der Waals surface area contributed by atoms with E-state index in [0.29, 0.717) is 5.56 Å². The molecule has 0 heterocycles. The summed E-state index contributed by atoms with van der Waals surface area (Å²) in [7, 11) is 1.58. The van der Waals surface area contributed by atoms with E-state index in [9.17, 15) is 9.59 Å². The first-order chi connectivity index (χ1) is 11.1. The molecule has 5 heteroatoms. The smallest absolute Gasteiger partial charge is 0.338 e. The molecule has 0 bridgehead atoms. The van der Waals surface area contributed by atoms with Gasteiger partial charge in [-0.15, -0.1) is 0 Å². The molecule has 3 rings (SSSR count). The second kappa shape index (κ2) is 6.16. The minimum absolute atomic E-state index is 0.216. The predicted molar refractivity (Wildman–Crippen MR) is 82.8 cm³/mol. The average Bonchev–Trinajstić information content (AvgIpc) is 3.29. The monoisotopic (exact) mass is 316 g/mol. The molecule has 2 aliphatic rings. The number of hydrogen-bond donors (Lipinski definition) is 0. The van der Waals surface area contributed by atoms with Crippen molar-refractivity contribution in [3.63, 3.8) is 0 Å².